The predicted molar refractivity (Wildman–Crippen MR) is 108 cm³/mol. The molecular formula is C22H27NO6. The first-order valence-electron chi connectivity index (χ1n) is 9.97. The van der Waals surface area contributed by atoms with Crippen LogP contribution >= 0.6 is 0 Å². The lowest BCUT2D eigenvalue weighted by atomic mass is 9.82. The molecule has 0 spiro atoms. The molecule has 1 atom stereocenters. The summed E-state index contributed by atoms with van der Waals surface area (Å²) in [7, 11) is 0. The van der Waals surface area contributed by atoms with Gasteiger partial charge in [-0.05, 0) is 75.6 Å². The molecule has 0 bridgehead atoms. The van der Waals surface area contributed by atoms with Crippen LogP contribution in [0.1, 0.15) is 43.7 Å². The van der Waals surface area contributed by atoms with Crippen molar-refractivity contribution in [2.45, 2.75) is 52.6 Å². The highest BCUT2D eigenvalue weighted by molar-refractivity contribution is 5.88. The molecule has 0 radical (unpaired) electrons. The first-order valence-corrected chi connectivity index (χ1v) is 9.97. The van der Waals surface area contributed by atoms with Crippen LogP contribution in [0, 0.1) is 25.7 Å². The average Bonchev–Trinajstić information content (AvgIpc) is 2.65. The summed E-state index contributed by atoms with van der Waals surface area (Å²) in [4.78, 5) is 35.2. The van der Waals surface area contributed by atoms with E-state index in [0.717, 1.165) is 24.0 Å². The van der Waals surface area contributed by atoms with Crippen LogP contribution in [0.25, 0.3) is 11.0 Å². The number of carboxylic acid groups (broad SMARTS) is 1. The van der Waals surface area contributed by atoms with Gasteiger partial charge in [-0.25, -0.2) is 4.79 Å². The zero-order valence-electron chi connectivity index (χ0n) is 17.0. The van der Waals surface area contributed by atoms with Gasteiger partial charge in [-0.1, -0.05) is 0 Å². The minimum absolute atomic E-state index is 0.227. The normalized spacial score (nSPS) is 20.2. The van der Waals surface area contributed by atoms with E-state index in [0.29, 0.717) is 36.1 Å². The van der Waals surface area contributed by atoms with E-state index in [4.69, 9.17) is 14.3 Å². The molecule has 1 fully saturated rings. The summed E-state index contributed by atoms with van der Waals surface area (Å²) in [5.41, 5.74) is 1.61. The quantitative estimate of drug-likeness (QED) is 0.720. The molecule has 0 aliphatic heterocycles. The van der Waals surface area contributed by atoms with Crippen molar-refractivity contribution in [3.8, 4) is 5.75 Å². The second kappa shape index (κ2) is 8.68. The first kappa shape index (κ1) is 20.9. The van der Waals surface area contributed by atoms with Crippen LogP contribution in [0.15, 0.2) is 27.4 Å². The highest BCUT2D eigenvalue weighted by atomic mass is 16.5. The third-order valence-corrected chi connectivity index (χ3v) is 5.58. The van der Waals surface area contributed by atoms with Gasteiger partial charge in [0.15, 0.2) is 6.10 Å². The van der Waals surface area contributed by atoms with Gasteiger partial charge in [0.2, 0.25) is 0 Å². The summed E-state index contributed by atoms with van der Waals surface area (Å²) in [6, 6.07) is 5.00. The van der Waals surface area contributed by atoms with Crippen LogP contribution in [0.2, 0.25) is 0 Å². The van der Waals surface area contributed by atoms with Crippen molar-refractivity contribution < 1.29 is 23.8 Å². The fourth-order valence-electron chi connectivity index (χ4n) is 3.92. The van der Waals surface area contributed by atoms with Crippen LogP contribution in [0.5, 0.6) is 5.75 Å². The molecule has 1 amide bonds. The van der Waals surface area contributed by atoms with Gasteiger partial charge in [-0.15, -0.1) is 0 Å². The number of amides is 1. The van der Waals surface area contributed by atoms with Crippen molar-refractivity contribution in [3.05, 3.63) is 39.7 Å². The summed E-state index contributed by atoms with van der Waals surface area (Å²) in [5.74, 6) is -0.424. The Morgan fingerprint density at radius 1 is 1.21 bits per heavy atom. The highest BCUT2D eigenvalue weighted by Crippen LogP contribution is 2.31. The van der Waals surface area contributed by atoms with Gasteiger partial charge in [0, 0.05) is 12.6 Å². The number of nitrogens with one attached hydrogen (secondary N) is 1. The van der Waals surface area contributed by atoms with Gasteiger partial charge in [0.25, 0.3) is 5.91 Å². The first-order chi connectivity index (χ1) is 13.7. The largest absolute Gasteiger partial charge is 0.481 e. The molecule has 7 heteroatoms. The summed E-state index contributed by atoms with van der Waals surface area (Å²) in [6.07, 6.45) is 2.19. The zero-order chi connectivity index (χ0) is 21.1. The summed E-state index contributed by atoms with van der Waals surface area (Å²) < 4.78 is 11.2. The third-order valence-electron chi connectivity index (χ3n) is 5.58. The van der Waals surface area contributed by atoms with Crippen LogP contribution in [-0.4, -0.2) is 29.6 Å². The smallest absolute Gasteiger partial charge is 0.336 e. The monoisotopic (exact) mass is 401 g/mol. The van der Waals surface area contributed by atoms with E-state index in [1.807, 2.05) is 13.0 Å². The van der Waals surface area contributed by atoms with Crippen LogP contribution in [-0.2, 0) is 9.59 Å². The Bertz CT molecular complexity index is 971. The second-order valence-corrected chi connectivity index (χ2v) is 7.95. The number of benzene rings is 1. The lowest BCUT2D eigenvalue weighted by molar-refractivity contribution is -0.143. The maximum Gasteiger partial charge on any atom is 0.336 e. The molecule has 7 nitrogen and oxygen atoms in total. The Hall–Kier alpha value is -2.83. The number of rotatable bonds is 6. The predicted octanol–water partition coefficient (Wildman–Crippen LogP) is 3.18. The number of ether oxygens (including phenoxy) is 1. The number of aliphatic carboxylic acids is 1. The standard InChI is InChI=1S/C22H27NO6/c1-12-8-17(20-13(2)10-19(24)29-18(20)9-12)28-14(3)21(25)23-11-15-4-6-16(7-5-15)22(26)27/h8-10,14-16H,4-7,11H2,1-3H3,(H,23,25)(H,26,27)/t14-,15?,16?/m0/s1. The Labute approximate surface area is 169 Å². The molecule has 2 N–H and O–H groups in total. The fourth-order valence-corrected chi connectivity index (χ4v) is 3.92. The number of fused-ring (bicyclic) bond motifs is 1. The Morgan fingerprint density at radius 2 is 1.90 bits per heavy atom. The van der Waals surface area contributed by atoms with Crippen molar-refractivity contribution in [3.63, 3.8) is 0 Å². The van der Waals surface area contributed by atoms with E-state index < -0.39 is 17.7 Å². The minimum atomic E-state index is -0.731. The maximum atomic E-state index is 12.5. The summed E-state index contributed by atoms with van der Waals surface area (Å²) in [5, 5.41) is 12.7. The molecule has 156 valence electrons. The second-order valence-electron chi connectivity index (χ2n) is 7.95. The molecule has 1 heterocycles. The lowest BCUT2D eigenvalue weighted by Crippen LogP contribution is -2.39. The van der Waals surface area contributed by atoms with Gasteiger partial charge in [-0.2, -0.15) is 0 Å². The van der Waals surface area contributed by atoms with Crippen LogP contribution in [0.4, 0.5) is 0 Å². The molecule has 1 aromatic heterocycles. The van der Waals surface area contributed by atoms with E-state index in [1.165, 1.54) is 6.07 Å². The number of carbonyl (C=O) groups is 2. The van der Waals surface area contributed by atoms with Gasteiger partial charge in [0.1, 0.15) is 11.3 Å². The zero-order valence-corrected chi connectivity index (χ0v) is 17.0. The number of hydrogen-bond acceptors (Lipinski definition) is 5. The number of carbonyl (C=O) groups excluding carboxylic acids is 1. The van der Waals surface area contributed by atoms with E-state index in [9.17, 15) is 14.4 Å². The topological polar surface area (TPSA) is 106 Å². The molecule has 1 aliphatic carbocycles. The Kier molecular flexibility index (Phi) is 6.25. The molecule has 2 aromatic rings. The van der Waals surface area contributed by atoms with Crippen LogP contribution in [0.3, 0.4) is 0 Å². The molecular weight excluding hydrogens is 374 g/mol. The van der Waals surface area contributed by atoms with Gasteiger partial charge < -0.3 is 19.6 Å². The Balaban J connectivity index is 1.63. The molecule has 1 aliphatic rings. The number of carboxylic acids is 1. The number of aryl methyl sites for hydroxylation is 2. The molecule has 1 aromatic carbocycles. The molecule has 0 unspecified atom stereocenters. The van der Waals surface area contributed by atoms with E-state index in [-0.39, 0.29) is 17.7 Å². The number of hydrogen-bond donors (Lipinski definition) is 2. The molecule has 29 heavy (non-hydrogen) atoms. The molecule has 1 saturated carbocycles. The van der Waals surface area contributed by atoms with E-state index >= 15 is 0 Å². The SMILES string of the molecule is Cc1cc(O[C@@H](C)C(=O)NCC2CCC(C(=O)O)CC2)c2c(C)cc(=O)oc2c1. The lowest BCUT2D eigenvalue weighted by Gasteiger charge is -2.26. The van der Waals surface area contributed by atoms with E-state index in [2.05, 4.69) is 5.32 Å². The van der Waals surface area contributed by atoms with Crippen LogP contribution < -0.4 is 15.7 Å². The summed E-state index contributed by atoms with van der Waals surface area (Å²) >= 11 is 0. The molecule has 0 saturated heterocycles. The maximum absolute atomic E-state index is 12.5. The highest BCUT2D eigenvalue weighted by Gasteiger charge is 2.26. The van der Waals surface area contributed by atoms with Crippen molar-refractivity contribution in [1.29, 1.82) is 0 Å². The summed E-state index contributed by atoms with van der Waals surface area (Å²) in [6.45, 7) is 5.87. The van der Waals surface area contributed by atoms with Gasteiger partial charge >= 0.3 is 11.6 Å². The Morgan fingerprint density at radius 3 is 2.55 bits per heavy atom. The third kappa shape index (κ3) is 4.96. The van der Waals surface area contributed by atoms with Gasteiger partial charge in [-0.3, -0.25) is 9.59 Å². The van der Waals surface area contributed by atoms with Gasteiger partial charge in [0.05, 0.1) is 11.3 Å². The van der Waals surface area contributed by atoms with E-state index in [1.54, 1.807) is 19.9 Å². The fraction of sp³-hybridized carbons (Fsp3) is 0.500. The minimum Gasteiger partial charge on any atom is -0.481 e. The molecule has 3 rings (SSSR count). The van der Waals surface area contributed by atoms with Crippen molar-refractivity contribution in [1.82, 2.24) is 5.32 Å². The van der Waals surface area contributed by atoms with Crippen molar-refractivity contribution in [2.24, 2.45) is 11.8 Å². The van der Waals surface area contributed by atoms with Crippen molar-refractivity contribution >= 4 is 22.8 Å². The average molecular weight is 401 g/mol. The van der Waals surface area contributed by atoms with Crippen molar-refractivity contribution in [2.75, 3.05) is 6.54 Å².